The van der Waals surface area contributed by atoms with Crippen molar-refractivity contribution in [3.63, 3.8) is 0 Å². The van der Waals surface area contributed by atoms with Gasteiger partial charge < -0.3 is 0 Å². The molecule has 0 unspecified atom stereocenters. The minimum absolute atomic E-state index is 0.0784. The zero-order chi connectivity index (χ0) is 8.20. The second kappa shape index (κ2) is 4.16. The number of rotatable bonds is 4. The van der Waals surface area contributed by atoms with Crippen molar-refractivity contribution in [2.45, 2.75) is 20.0 Å². The summed E-state index contributed by atoms with van der Waals surface area (Å²) in [6.45, 7) is 3.32. The Hall–Kier alpha value is 0.200. The Balaban J connectivity index is 3.89. The molecular weight excluding hydrogens is 176 g/mol. The molecule has 0 atom stereocenters. The summed E-state index contributed by atoms with van der Waals surface area (Å²) >= 11 is 5.21. The predicted molar refractivity (Wildman–Crippen MR) is 40.7 cm³/mol. The maximum Gasteiger partial charge on any atom is 0.268 e. The molecule has 0 amide bonds. The van der Waals surface area contributed by atoms with Crippen LogP contribution in [0.1, 0.15) is 13.8 Å². The molecule has 0 aliphatic carbocycles. The van der Waals surface area contributed by atoms with Gasteiger partial charge in [0.2, 0.25) is 0 Å². The molecule has 0 saturated carbocycles. The van der Waals surface area contributed by atoms with Gasteiger partial charge in [-0.1, -0.05) is 0 Å². The lowest BCUT2D eigenvalue weighted by Crippen LogP contribution is -2.16. The van der Waals surface area contributed by atoms with Gasteiger partial charge in [0.15, 0.2) is 0 Å². The molecule has 0 aliphatic heterocycles. The minimum Gasteiger partial charge on any atom is -0.267 e. The fraction of sp³-hybridized carbons (Fsp3) is 1.00. The maximum atomic E-state index is 10.7. The zero-order valence-electron chi connectivity index (χ0n) is 6.00. The van der Waals surface area contributed by atoms with Crippen LogP contribution in [0.25, 0.3) is 0 Å². The van der Waals surface area contributed by atoms with Crippen LogP contribution < -0.4 is 0 Å². The Bertz CT molecular complexity index is 173. The summed E-state index contributed by atoms with van der Waals surface area (Å²) < 4.78 is 26.0. The van der Waals surface area contributed by atoms with Crippen molar-refractivity contribution in [2.75, 3.05) is 11.6 Å². The molecular formula is C5H11ClO3S. The van der Waals surface area contributed by atoms with Crippen molar-refractivity contribution in [1.82, 2.24) is 0 Å². The first-order chi connectivity index (χ1) is 4.48. The lowest BCUT2D eigenvalue weighted by Gasteiger charge is -2.05. The van der Waals surface area contributed by atoms with E-state index in [1.54, 1.807) is 13.8 Å². The Morgan fingerprint density at radius 2 is 2.00 bits per heavy atom. The molecule has 0 aromatic rings. The van der Waals surface area contributed by atoms with Crippen LogP contribution in [0, 0.1) is 0 Å². The highest BCUT2D eigenvalue weighted by molar-refractivity contribution is 7.86. The van der Waals surface area contributed by atoms with E-state index in [0.717, 1.165) is 0 Å². The number of hydrogen-bond acceptors (Lipinski definition) is 3. The molecule has 0 fully saturated rings. The molecule has 0 spiro atoms. The van der Waals surface area contributed by atoms with Crippen LogP contribution in [-0.4, -0.2) is 26.2 Å². The van der Waals surface area contributed by atoms with E-state index in [2.05, 4.69) is 4.18 Å². The molecule has 0 aromatic carbocycles. The quantitative estimate of drug-likeness (QED) is 0.486. The lowest BCUT2D eigenvalue weighted by molar-refractivity contribution is 0.249. The van der Waals surface area contributed by atoms with Gasteiger partial charge in [-0.15, -0.1) is 11.6 Å². The highest BCUT2D eigenvalue weighted by Crippen LogP contribution is 1.99. The monoisotopic (exact) mass is 186 g/mol. The van der Waals surface area contributed by atoms with E-state index in [0.29, 0.717) is 0 Å². The molecule has 5 heteroatoms. The third kappa shape index (κ3) is 5.02. The van der Waals surface area contributed by atoms with E-state index in [9.17, 15) is 8.42 Å². The van der Waals surface area contributed by atoms with Crippen molar-refractivity contribution in [3.05, 3.63) is 0 Å². The van der Waals surface area contributed by atoms with Crippen molar-refractivity contribution in [2.24, 2.45) is 0 Å². The molecule has 0 heterocycles. The third-order valence-electron chi connectivity index (χ3n) is 0.666. The lowest BCUT2D eigenvalue weighted by atomic mass is 10.5. The Kier molecular flexibility index (Phi) is 4.24. The molecule has 0 rings (SSSR count). The average Bonchev–Trinajstić information content (AvgIpc) is 1.59. The second-order valence-electron chi connectivity index (χ2n) is 2.10. The molecule has 0 bridgehead atoms. The van der Waals surface area contributed by atoms with Crippen LogP contribution in [0.2, 0.25) is 0 Å². The number of hydrogen-bond donors (Lipinski definition) is 0. The molecule has 3 nitrogen and oxygen atoms in total. The van der Waals surface area contributed by atoms with Gasteiger partial charge >= 0.3 is 0 Å². The van der Waals surface area contributed by atoms with Crippen molar-refractivity contribution >= 4 is 21.7 Å². The molecule has 62 valence electrons. The van der Waals surface area contributed by atoms with Gasteiger partial charge in [-0.3, -0.25) is 4.18 Å². The standard InChI is InChI=1S/C5H11ClO3S/c1-5(2)9-10(7,8)4-3-6/h5H,3-4H2,1-2H3. The van der Waals surface area contributed by atoms with Crippen LogP contribution in [0.15, 0.2) is 0 Å². The SMILES string of the molecule is CC(C)OS(=O)(=O)CCCl. The van der Waals surface area contributed by atoms with Crippen LogP contribution >= 0.6 is 11.6 Å². The van der Waals surface area contributed by atoms with Crippen molar-refractivity contribution < 1.29 is 12.6 Å². The summed E-state index contributed by atoms with van der Waals surface area (Å²) in [6, 6.07) is 0. The van der Waals surface area contributed by atoms with Crippen LogP contribution in [0.3, 0.4) is 0 Å². The van der Waals surface area contributed by atoms with Crippen LogP contribution in [-0.2, 0) is 14.3 Å². The van der Waals surface area contributed by atoms with Gasteiger partial charge in [-0.05, 0) is 13.8 Å². The molecule has 0 aromatic heterocycles. The van der Waals surface area contributed by atoms with E-state index in [-0.39, 0.29) is 17.7 Å². The largest absolute Gasteiger partial charge is 0.268 e. The summed E-state index contributed by atoms with van der Waals surface area (Å²) in [5.74, 6) is -0.0399. The second-order valence-corrected chi connectivity index (χ2v) is 4.19. The maximum absolute atomic E-state index is 10.7. The highest BCUT2D eigenvalue weighted by Gasteiger charge is 2.11. The molecule has 10 heavy (non-hydrogen) atoms. The number of alkyl halides is 1. The van der Waals surface area contributed by atoms with Gasteiger partial charge in [0.25, 0.3) is 10.1 Å². The Morgan fingerprint density at radius 1 is 1.50 bits per heavy atom. The number of halogens is 1. The first-order valence-corrected chi connectivity index (χ1v) is 5.06. The normalized spacial score (nSPS) is 12.4. The Labute approximate surface area is 66.5 Å². The van der Waals surface area contributed by atoms with Gasteiger partial charge in [-0.25, -0.2) is 0 Å². The van der Waals surface area contributed by atoms with E-state index < -0.39 is 10.1 Å². The first-order valence-electron chi connectivity index (χ1n) is 2.95. The topological polar surface area (TPSA) is 43.4 Å². The Morgan fingerprint density at radius 3 is 2.30 bits per heavy atom. The molecule has 0 aliphatic rings. The summed E-state index contributed by atoms with van der Waals surface area (Å²) in [7, 11) is -3.36. The molecule has 0 saturated heterocycles. The van der Waals surface area contributed by atoms with Gasteiger partial charge in [0, 0.05) is 5.88 Å². The average molecular weight is 187 g/mol. The van der Waals surface area contributed by atoms with Gasteiger partial charge in [0.1, 0.15) is 0 Å². The van der Waals surface area contributed by atoms with E-state index in [4.69, 9.17) is 11.6 Å². The summed E-state index contributed by atoms with van der Waals surface area (Å²) in [5, 5.41) is 0. The van der Waals surface area contributed by atoms with Crippen molar-refractivity contribution in [1.29, 1.82) is 0 Å². The summed E-state index contributed by atoms with van der Waals surface area (Å²) in [5.41, 5.74) is 0. The molecule has 0 N–H and O–H groups in total. The van der Waals surface area contributed by atoms with Gasteiger partial charge in [0.05, 0.1) is 11.9 Å². The fourth-order valence-corrected chi connectivity index (χ4v) is 1.87. The van der Waals surface area contributed by atoms with E-state index in [1.807, 2.05) is 0 Å². The van der Waals surface area contributed by atoms with Gasteiger partial charge in [-0.2, -0.15) is 8.42 Å². The summed E-state index contributed by atoms with van der Waals surface area (Å²) in [4.78, 5) is 0. The van der Waals surface area contributed by atoms with Crippen LogP contribution in [0.4, 0.5) is 0 Å². The minimum atomic E-state index is -3.36. The third-order valence-corrected chi connectivity index (χ3v) is 2.46. The van der Waals surface area contributed by atoms with Crippen molar-refractivity contribution in [3.8, 4) is 0 Å². The smallest absolute Gasteiger partial charge is 0.267 e. The zero-order valence-corrected chi connectivity index (χ0v) is 7.57. The molecule has 0 radical (unpaired) electrons. The van der Waals surface area contributed by atoms with E-state index >= 15 is 0 Å². The van der Waals surface area contributed by atoms with E-state index in [1.165, 1.54) is 0 Å². The fourth-order valence-electron chi connectivity index (χ4n) is 0.436. The predicted octanol–water partition coefficient (Wildman–Crippen LogP) is 0.980. The first kappa shape index (κ1) is 10.2. The highest BCUT2D eigenvalue weighted by atomic mass is 35.5. The summed E-state index contributed by atoms with van der Waals surface area (Å²) in [6.07, 6.45) is -0.298. The van der Waals surface area contributed by atoms with Crippen LogP contribution in [0.5, 0.6) is 0 Å².